The molecule has 0 fully saturated rings. The second kappa shape index (κ2) is 7.60. The molecule has 0 spiro atoms. The highest BCUT2D eigenvalue weighted by atomic mass is 32.2. The van der Waals surface area contributed by atoms with Gasteiger partial charge in [0, 0.05) is 11.0 Å². The molecule has 0 saturated carbocycles. The van der Waals surface area contributed by atoms with Gasteiger partial charge >= 0.3 is 5.97 Å². The number of aromatic carboxylic acids is 1. The molecule has 0 unspecified atom stereocenters. The lowest BCUT2D eigenvalue weighted by atomic mass is 10.2. The first-order valence-corrected chi connectivity index (χ1v) is 7.81. The Labute approximate surface area is 141 Å². The number of nitro benzene ring substituents is 1. The van der Waals surface area contributed by atoms with Gasteiger partial charge in [0.1, 0.15) is 5.69 Å². The van der Waals surface area contributed by atoms with E-state index in [2.05, 4.69) is 5.32 Å². The van der Waals surface area contributed by atoms with Crippen LogP contribution in [0.25, 0.3) is 0 Å². The van der Waals surface area contributed by atoms with Crippen molar-refractivity contribution in [3.8, 4) is 0 Å². The molecular weight excluding hydrogens is 332 g/mol. The number of carboxylic acid groups (broad SMARTS) is 1. The lowest BCUT2D eigenvalue weighted by Crippen LogP contribution is -2.23. The highest BCUT2D eigenvalue weighted by molar-refractivity contribution is 8.00. The molecule has 0 radical (unpaired) electrons. The summed E-state index contributed by atoms with van der Waals surface area (Å²) in [6, 6.07) is 12.2. The first-order valence-electron chi connectivity index (χ1n) is 6.93. The molecule has 0 aliphatic rings. The summed E-state index contributed by atoms with van der Waals surface area (Å²) < 4.78 is 0. The van der Waals surface area contributed by atoms with Crippen molar-refractivity contribution >= 4 is 35.0 Å². The highest BCUT2D eigenvalue weighted by Gasteiger charge is 2.21. The van der Waals surface area contributed by atoms with Crippen molar-refractivity contribution in [1.82, 2.24) is 0 Å². The molecule has 2 aromatic rings. The summed E-state index contributed by atoms with van der Waals surface area (Å²) in [5, 5.41) is 22.0. The van der Waals surface area contributed by atoms with E-state index in [1.165, 1.54) is 24.3 Å². The third-order valence-corrected chi connectivity index (χ3v) is 4.33. The van der Waals surface area contributed by atoms with Gasteiger partial charge in [0.15, 0.2) is 0 Å². The number of para-hydroxylation sites is 2. The number of thioether (sulfide) groups is 1. The first-order chi connectivity index (χ1) is 11.4. The van der Waals surface area contributed by atoms with Gasteiger partial charge in [0.2, 0.25) is 5.91 Å². The van der Waals surface area contributed by atoms with E-state index in [9.17, 15) is 19.7 Å². The van der Waals surface area contributed by atoms with Gasteiger partial charge in [-0.2, -0.15) is 0 Å². The second-order valence-corrected chi connectivity index (χ2v) is 6.21. The van der Waals surface area contributed by atoms with Gasteiger partial charge < -0.3 is 10.4 Å². The minimum absolute atomic E-state index is 0.103. The van der Waals surface area contributed by atoms with E-state index < -0.39 is 22.0 Å². The average molecular weight is 346 g/mol. The predicted octanol–water partition coefficient (Wildman–Crippen LogP) is 3.41. The van der Waals surface area contributed by atoms with Crippen molar-refractivity contribution < 1.29 is 19.6 Å². The molecule has 0 bridgehead atoms. The SMILES string of the molecule is C[C@@H](Sc1ccccc1C(=O)O)C(=O)Nc1ccccc1[N+](=O)[O-]. The molecule has 0 aromatic heterocycles. The van der Waals surface area contributed by atoms with Gasteiger partial charge in [0.25, 0.3) is 5.69 Å². The first kappa shape index (κ1) is 17.5. The number of anilines is 1. The van der Waals surface area contributed by atoms with Crippen molar-refractivity contribution in [2.75, 3.05) is 5.32 Å². The molecule has 0 saturated heterocycles. The molecule has 2 rings (SSSR count). The third kappa shape index (κ3) is 4.11. The van der Waals surface area contributed by atoms with Crippen LogP contribution in [0, 0.1) is 10.1 Å². The topological polar surface area (TPSA) is 110 Å². The van der Waals surface area contributed by atoms with Crippen LogP contribution in [-0.4, -0.2) is 27.2 Å². The van der Waals surface area contributed by atoms with Crippen molar-refractivity contribution in [3.05, 3.63) is 64.2 Å². The number of carbonyl (C=O) groups is 2. The van der Waals surface area contributed by atoms with E-state index in [0.29, 0.717) is 4.90 Å². The van der Waals surface area contributed by atoms with E-state index in [1.54, 1.807) is 31.2 Å². The van der Waals surface area contributed by atoms with Crippen LogP contribution < -0.4 is 5.32 Å². The summed E-state index contributed by atoms with van der Waals surface area (Å²) >= 11 is 1.08. The summed E-state index contributed by atoms with van der Waals surface area (Å²) in [6.07, 6.45) is 0. The molecule has 0 aliphatic heterocycles. The van der Waals surface area contributed by atoms with Crippen molar-refractivity contribution in [3.63, 3.8) is 0 Å². The van der Waals surface area contributed by atoms with Crippen LogP contribution in [0.4, 0.5) is 11.4 Å². The Morgan fingerprint density at radius 3 is 2.46 bits per heavy atom. The van der Waals surface area contributed by atoms with E-state index in [-0.39, 0.29) is 16.9 Å². The lowest BCUT2D eigenvalue weighted by Gasteiger charge is -2.13. The molecule has 1 atom stereocenters. The Morgan fingerprint density at radius 1 is 1.17 bits per heavy atom. The van der Waals surface area contributed by atoms with Crippen LogP contribution in [-0.2, 0) is 4.79 Å². The Hall–Kier alpha value is -2.87. The molecular formula is C16H14N2O5S. The maximum absolute atomic E-state index is 12.3. The monoisotopic (exact) mass is 346 g/mol. The van der Waals surface area contributed by atoms with Crippen LogP contribution in [0.5, 0.6) is 0 Å². The molecule has 8 heteroatoms. The summed E-state index contributed by atoms with van der Waals surface area (Å²) in [7, 11) is 0. The fourth-order valence-corrected chi connectivity index (χ4v) is 2.95. The molecule has 7 nitrogen and oxygen atoms in total. The molecule has 2 N–H and O–H groups in total. The number of benzene rings is 2. The fourth-order valence-electron chi connectivity index (χ4n) is 1.96. The standard InChI is InChI=1S/C16H14N2O5S/c1-10(24-14-9-5-2-6-11(14)16(20)21)15(19)17-12-7-3-4-8-13(12)18(22)23/h2-10H,1H3,(H,17,19)(H,20,21)/t10-/m1/s1. The number of amides is 1. The number of carboxylic acids is 1. The quantitative estimate of drug-likeness (QED) is 0.471. The largest absolute Gasteiger partial charge is 0.478 e. The van der Waals surface area contributed by atoms with Crippen LogP contribution in [0.1, 0.15) is 17.3 Å². The van der Waals surface area contributed by atoms with E-state index in [1.807, 2.05) is 0 Å². The fraction of sp³-hybridized carbons (Fsp3) is 0.125. The lowest BCUT2D eigenvalue weighted by molar-refractivity contribution is -0.383. The minimum Gasteiger partial charge on any atom is -0.478 e. The molecule has 0 aliphatic carbocycles. The second-order valence-electron chi connectivity index (χ2n) is 4.82. The summed E-state index contributed by atoms with van der Waals surface area (Å²) in [5.74, 6) is -1.53. The summed E-state index contributed by atoms with van der Waals surface area (Å²) in [4.78, 5) is 34.3. The van der Waals surface area contributed by atoms with Crippen LogP contribution in [0.3, 0.4) is 0 Å². The van der Waals surface area contributed by atoms with Crippen molar-refractivity contribution in [1.29, 1.82) is 0 Å². The van der Waals surface area contributed by atoms with Gasteiger partial charge in [-0.05, 0) is 25.1 Å². The van der Waals surface area contributed by atoms with E-state index in [4.69, 9.17) is 5.11 Å². The van der Waals surface area contributed by atoms with Gasteiger partial charge in [0.05, 0.1) is 15.7 Å². The third-order valence-electron chi connectivity index (χ3n) is 3.15. The number of nitrogens with zero attached hydrogens (tertiary/aromatic N) is 1. The number of nitro groups is 1. The molecule has 0 heterocycles. The van der Waals surface area contributed by atoms with Crippen molar-refractivity contribution in [2.45, 2.75) is 17.1 Å². The Bertz CT molecular complexity index is 794. The smallest absolute Gasteiger partial charge is 0.336 e. The highest BCUT2D eigenvalue weighted by Crippen LogP contribution is 2.29. The Morgan fingerprint density at radius 2 is 1.79 bits per heavy atom. The maximum Gasteiger partial charge on any atom is 0.336 e. The van der Waals surface area contributed by atoms with Crippen molar-refractivity contribution in [2.24, 2.45) is 0 Å². The van der Waals surface area contributed by atoms with Crippen LogP contribution >= 0.6 is 11.8 Å². The van der Waals surface area contributed by atoms with Crippen LogP contribution in [0.15, 0.2) is 53.4 Å². The molecule has 1 amide bonds. The predicted molar refractivity (Wildman–Crippen MR) is 90.4 cm³/mol. The summed E-state index contributed by atoms with van der Waals surface area (Å²) in [6.45, 7) is 1.60. The Kier molecular flexibility index (Phi) is 5.54. The Balaban J connectivity index is 2.14. The van der Waals surface area contributed by atoms with Gasteiger partial charge in [-0.3, -0.25) is 14.9 Å². The number of hydrogen-bond donors (Lipinski definition) is 2. The summed E-state index contributed by atoms with van der Waals surface area (Å²) in [5.41, 5.74) is 0.00768. The van der Waals surface area contributed by atoms with E-state index >= 15 is 0 Å². The number of hydrogen-bond acceptors (Lipinski definition) is 5. The molecule has 124 valence electrons. The molecule has 2 aromatic carbocycles. The van der Waals surface area contributed by atoms with Gasteiger partial charge in [-0.25, -0.2) is 4.79 Å². The zero-order valence-corrected chi connectivity index (χ0v) is 13.4. The van der Waals surface area contributed by atoms with Crippen LogP contribution in [0.2, 0.25) is 0 Å². The normalized spacial score (nSPS) is 11.5. The molecule has 24 heavy (non-hydrogen) atoms. The maximum atomic E-state index is 12.3. The van der Waals surface area contributed by atoms with Gasteiger partial charge in [-0.1, -0.05) is 24.3 Å². The minimum atomic E-state index is -1.08. The van der Waals surface area contributed by atoms with E-state index in [0.717, 1.165) is 11.8 Å². The van der Waals surface area contributed by atoms with Gasteiger partial charge in [-0.15, -0.1) is 11.8 Å². The number of rotatable bonds is 6. The number of carbonyl (C=O) groups excluding carboxylic acids is 1. The average Bonchev–Trinajstić information content (AvgIpc) is 2.55. The zero-order valence-electron chi connectivity index (χ0n) is 12.6. The zero-order chi connectivity index (χ0) is 17.7. The number of nitrogens with one attached hydrogen (secondary N) is 1.